The van der Waals surface area contributed by atoms with Crippen molar-refractivity contribution in [2.75, 3.05) is 13.7 Å². The Hall–Kier alpha value is -2.08. The van der Waals surface area contributed by atoms with Crippen molar-refractivity contribution in [1.29, 1.82) is 0 Å². The summed E-state index contributed by atoms with van der Waals surface area (Å²) in [6, 6.07) is 6.54. The van der Waals surface area contributed by atoms with Gasteiger partial charge in [0.15, 0.2) is 0 Å². The molecule has 0 bridgehead atoms. The number of methoxy groups -OCH3 is 1. The van der Waals surface area contributed by atoms with Gasteiger partial charge in [0.2, 0.25) is 0 Å². The molecule has 1 amide bonds. The fourth-order valence-corrected chi connectivity index (χ4v) is 3.05. The Labute approximate surface area is 135 Å². The predicted octanol–water partition coefficient (Wildman–Crippen LogP) is 2.08. The summed E-state index contributed by atoms with van der Waals surface area (Å²) in [5.41, 5.74) is -1.64. The van der Waals surface area contributed by atoms with Crippen molar-refractivity contribution in [3.8, 4) is 5.75 Å². The Morgan fingerprint density at radius 2 is 1.91 bits per heavy atom. The van der Waals surface area contributed by atoms with Crippen LogP contribution < -0.4 is 10.1 Å². The second-order valence-corrected chi connectivity index (χ2v) is 6.26. The minimum absolute atomic E-state index is 0.195. The van der Waals surface area contributed by atoms with Crippen LogP contribution in [-0.4, -0.2) is 42.3 Å². The van der Waals surface area contributed by atoms with Gasteiger partial charge in [-0.1, -0.05) is 13.8 Å². The molecular weight excluding hydrogens is 298 g/mol. The lowest BCUT2D eigenvalue weighted by Gasteiger charge is -2.58. The van der Waals surface area contributed by atoms with Gasteiger partial charge < -0.3 is 19.9 Å². The van der Waals surface area contributed by atoms with Crippen molar-refractivity contribution < 1.29 is 24.2 Å². The lowest BCUT2D eigenvalue weighted by Crippen LogP contribution is -2.76. The van der Waals surface area contributed by atoms with Crippen molar-refractivity contribution in [2.45, 2.75) is 38.8 Å². The first-order valence-corrected chi connectivity index (χ1v) is 7.60. The number of ether oxygens (including phenoxy) is 2. The number of carboxylic acids is 1. The van der Waals surface area contributed by atoms with E-state index in [4.69, 9.17) is 9.47 Å². The van der Waals surface area contributed by atoms with Crippen LogP contribution in [0, 0.1) is 5.41 Å². The third-order valence-corrected chi connectivity index (χ3v) is 4.81. The van der Waals surface area contributed by atoms with Crippen LogP contribution in [0.1, 0.15) is 37.6 Å². The van der Waals surface area contributed by atoms with Crippen LogP contribution in [0.25, 0.3) is 0 Å². The van der Waals surface area contributed by atoms with Crippen molar-refractivity contribution in [2.24, 2.45) is 5.41 Å². The summed E-state index contributed by atoms with van der Waals surface area (Å²) in [4.78, 5) is 24.3. The highest BCUT2D eigenvalue weighted by Crippen LogP contribution is 2.51. The molecule has 2 atom stereocenters. The van der Waals surface area contributed by atoms with Gasteiger partial charge in [-0.25, -0.2) is 4.79 Å². The summed E-state index contributed by atoms with van der Waals surface area (Å²) in [5.74, 6) is -0.826. The zero-order valence-electron chi connectivity index (χ0n) is 13.9. The fourth-order valence-electron chi connectivity index (χ4n) is 3.05. The molecule has 1 aliphatic rings. The third kappa shape index (κ3) is 2.79. The minimum atomic E-state index is -1.33. The molecule has 6 heteroatoms. The van der Waals surface area contributed by atoms with Crippen LogP contribution in [0.5, 0.6) is 5.75 Å². The Bertz CT molecular complexity index is 596. The predicted molar refractivity (Wildman–Crippen MR) is 84.6 cm³/mol. The van der Waals surface area contributed by atoms with Gasteiger partial charge in [-0.2, -0.15) is 0 Å². The zero-order chi connectivity index (χ0) is 17.3. The van der Waals surface area contributed by atoms with Crippen LogP contribution in [-0.2, 0) is 9.53 Å². The summed E-state index contributed by atoms with van der Waals surface area (Å²) in [7, 11) is 1.54. The molecule has 1 aromatic rings. The maximum absolute atomic E-state index is 12.5. The van der Waals surface area contributed by atoms with Gasteiger partial charge in [0, 0.05) is 24.0 Å². The van der Waals surface area contributed by atoms with E-state index in [0.717, 1.165) is 0 Å². The first-order valence-electron chi connectivity index (χ1n) is 7.60. The summed E-state index contributed by atoms with van der Waals surface area (Å²) < 4.78 is 10.6. The first kappa shape index (κ1) is 17.3. The van der Waals surface area contributed by atoms with Gasteiger partial charge in [0.05, 0.1) is 13.2 Å². The zero-order valence-corrected chi connectivity index (χ0v) is 13.9. The van der Waals surface area contributed by atoms with Gasteiger partial charge in [-0.3, -0.25) is 4.79 Å². The van der Waals surface area contributed by atoms with Gasteiger partial charge in [-0.05, 0) is 31.2 Å². The summed E-state index contributed by atoms with van der Waals surface area (Å²) in [5, 5.41) is 12.4. The molecule has 2 N–H and O–H groups in total. The number of rotatable bonds is 6. The maximum atomic E-state index is 12.5. The summed E-state index contributed by atoms with van der Waals surface area (Å²) >= 11 is 0. The van der Waals surface area contributed by atoms with E-state index in [2.05, 4.69) is 5.32 Å². The first-order chi connectivity index (χ1) is 10.8. The van der Waals surface area contributed by atoms with Gasteiger partial charge in [0.25, 0.3) is 5.91 Å². The smallest absolute Gasteiger partial charge is 0.330 e. The van der Waals surface area contributed by atoms with Crippen molar-refractivity contribution in [3.63, 3.8) is 0 Å². The normalized spacial score (nSPS) is 25.3. The Morgan fingerprint density at radius 1 is 1.30 bits per heavy atom. The highest BCUT2D eigenvalue weighted by Gasteiger charge is 2.66. The molecule has 2 rings (SSSR count). The number of benzene rings is 1. The molecule has 0 spiro atoms. The molecule has 6 nitrogen and oxygen atoms in total. The molecule has 0 saturated heterocycles. The van der Waals surface area contributed by atoms with Crippen LogP contribution in [0.3, 0.4) is 0 Å². The molecule has 126 valence electrons. The molecule has 1 fully saturated rings. The standard InChI is InChI=1S/C17H23NO5/c1-5-23-13-10-17(15(20)21,16(13,2)3)18-14(19)11-6-8-12(22-4)9-7-11/h6-9,13H,5,10H2,1-4H3,(H,18,19)(H,20,21). The molecule has 0 heterocycles. The van der Waals surface area contributed by atoms with E-state index >= 15 is 0 Å². The molecule has 23 heavy (non-hydrogen) atoms. The lowest BCUT2D eigenvalue weighted by molar-refractivity contribution is -0.190. The molecule has 0 radical (unpaired) electrons. The Balaban J connectivity index is 2.20. The van der Waals surface area contributed by atoms with Crippen molar-refractivity contribution in [1.82, 2.24) is 5.32 Å². The van der Waals surface area contributed by atoms with E-state index in [1.807, 2.05) is 6.92 Å². The minimum Gasteiger partial charge on any atom is -0.497 e. The molecule has 0 aliphatic heterocycles. The number of aliphatic carboxylic acids is 1. The van der Waals surface area contributed by atoms with Gasteiger partial charge in [0.1, 0.15) is 11.3 Å². The molecule has 2 unspecified atom stereocenters. The number of nitrogens with one attached hydrogen (secondary N) is 1. The monoisotopic (exact) mass is 321 g/mol. The van der Waals surface area contributed by atoms with E-state index in [-0.39, 0.29) is 12.5 Å². The topological polar surface area (TPSA) is 84.9 Å². The van der Waals surface area contributed by atoms with E-state index in [0.29, 0.717) is 17.9 Å². The lowest BCUT2D eigenvalue weighted by atomic mass is 9.54. The van der Waals surface area contributed by atoms with Crippen LogP contribution >= 0.6 is 0 Å². The highest BCUT2D eigenvalue weighted by atomic mass is 16.5. The molecule has 1 saturated carbocycles. The largest absolute Gasteiger partial charge is 0.497 e. The Kier molecular flexibility index (Phi) is 4.66. The van der Waals surface area contributed by atoms with Gasteiger partial charge >= 0.3 is 5.97 Å². The number of carbonyl (C=O) groups is 2. The maximum Gasteiger partial charge on any atom is 0.330 e. The van der Waals surface area contributed by atoms with Gasteiger partial charge in [-0.15, -0.1) is 0 Å². The van der Waals surface area contributed by atoms with Crippen LogP contribution in [0.2, 0.25) is 0 Å². The third-order valence-electron chi connectivity index (χ3n) is 4.81. The van der Waals surface area contributed by atoms with Crippen molar-refractivity contribution >= 4 is 11.9 Å². The van der Waals surface area contributed by atoms with E-state index in [1.165, 1.54) is 0 Å². The average Bonchev–Trinajstić information content (AvgIpc) is 2.53. The number of carbonyl (C=O) groups excluding carboxylic acids is 1. The molecule has 1 aliphatic carbocycles. The van der Waals surface area contributed by atoms with Crippen molar-refractivity contribution in [3.05, 3.63) is 29.8 Å². The van der Waals surface area contributed by atoms with Crippen LogP contribution in [0.15, 0.2) is 24.3 Å². The second kappa shape index (κ2) is 6.20. The van der Waals surface area contributed by atoms with E-state index in [9.17, 15) is 14.7 Å². The average molecular weight is 321 g/mol. The van der Waals surface area contributed by atoms with E-state index < -0.39 is 22.8 Å². The molecule has 0 aromatic heterocycles. The summed E-state index contributed by atoms with van der Waals surface area (Å²) in [6.07, 6.45) is 0.0604. The highest BCUT2D eigenvalue weighted by molar-refractivity contribution is 5.98. The molecular formula is C17H23NO5. The van der Waals surface area contributed by atoms with E-state index in [1.54, 1.807) is 45.2 Å². The Morgan fingerprint density at radius 3 is 2.35 bits per heavy atom. The number of hydrogen-bond acceptors (Lipinski definition) is 4. The van der Waals surface area contributed by atoms with Crippen LogP contribution in [0.4, 0.5) is 0 Å². The number of amides is 1. The number of carboxylic acid groups (broad SMARTS) is 1. The fraction of sp³-hybridized carbons (Fsp3) is 0.529. The summed E-state index contributed by atoms with van der Waals surface area (Å²) in [6.45, 7) is 5.99. The second-order valence-electron chi connectivity index (χ2n) is 6.26. The SMILES string of the molecule is CCOC1CC(NC(=O)c2ccc(OC)cc2)(C(=O)O)C1(C)C. The number of hydrogen-bond donors (Lipinski definition) is 2. The molecule has 1 aromatic carbocycles. The quantitative estimate of drug-likeness (QED) is 0.838.